The van der Waals surface area contributed by atoms with Crippen molar-refractivity contribution < 1.29 is 9.59 Å². The third-order valence-corrected chi connectivity index (χ3v) is 6.73. The Morgan fingerprint density at radius 1 is 1.06 bits per heavy atom. The summed E-state index contributed by atoms with van der Waals surface area (Å²) < 4.78 is 0. The topological polar surface area (TPSA) is 68.8 Å². The Hall–Kier alpha value is -2.93. The van der Waals surface area contributed by atoms with Gasteiger partial charge >= 0.3 is 0 Å². The molecule has 0 saturated carbocycles. The zero-order valence-corrected chi connectivity index (χ0v) is 18.0. The van der Waals surface area contributed by atoms with E-state index in [1.165, 1.54) is 17.5 Å². The molecule has 2 saturated heterocycles. The van der Waals surface area contributed by atoms with Crippen molar-refractivity contribution in [1.29, 1.82) is 0 Å². The van der Waals surface area contributed by atoms with Crippen LogP contribution in [0.15, 0.2) is 36.5 Å². The third-order valence-electron chi connectivity index (χ3n) is 6.73. The monoisotopic (exact) mass is 419 g/mol. The number of aryl methyl sites for hydroxylation is 2. The second kappa shape index (κ2) is 8.30. The van der Waals surface area contributed by atoms with E-state index in [1.54, 1.807) is 11.1 Å². The number of hydrogen-bond donors (Lipinski definition) is 1. The van der Waals surface area contributed by atoms with Crippen LogP contribution in [0.5, 0.6) is 0 Å². The lowest BCUT2D eigenvalue weighted by molar-refractivity contribution is -0.122. The highest BCUT2D eigenvalue weighted by atomic mass is 16.2. The van der Waals surface area contributed by atoms with Gasteiger partial charge in [-0.15, -0.1) is 0 Å². The van der Waals surface area contributed by atoms with E-state index < -0.39 is 0 Å². The number of amides is 2. The molecule has 162 valence electrons. The van der Waals surface area contributed by atoms with Crippen molar-refractivity contribution in [3.05, 3.63) is 47.7 Å². The number of rotatable bonds is 4. The number of anilines is 3. The lowest BCUT2D eigenvalue weighted by atomic mass is 10.1. The summed E-state index contributed by atoms with van der Waals surface area (Å²) in [7, 11) is 2.13. The lowest BCUT2D eigenvalue weighted by Crippen LogP contribution is -2.44. The molecule has 0 bridgehead atoms. The summed E-state index contributed by atoms with van der Waals surface area (Å²) in [4.78, 5) is 36.3. The molecule has 1 aromatic carbocycles. The first-order valence-electron chi connectivity index (χ1n) is 11.2. The van der Waals surface area contributed by atoms with Crippen LogP contribution in [0.2, 0.25) is 0 Å². The second-order valence-electron chi connectivity index (χ2n) is 8.90. The van der Waals surface area contributed by atoms with Gasteiger partial charge < -0.3 is 20.0 Å². The van der Waals surface area contributed by atoms with Gasteiger partial charge in [-0.2, -0.15) is 0 Å². The van der Waals surface area contributed by atoms with E-state index in [9.17, 15) is 9.59 Å². The molecular formula is C24H29N5O2. The number of carbonyl (C=O) groups is 2. The molecule has 31 heavy (non-hydrogen) atoms. The minimum Gasteiger partial charge on any atom is -0.354 e. The summed E-state index contributed by atoms with van der Waals surface area (Å²) in [5, 5.41) is 2.95. The first-order valence-corrected chi connectivity index (χ1v) is 11.2. The van der Waals surface area contributed by atoms with Crippen molar-refractivity contribution in [2.75, 3.05) is 54.9 Å². The van der Waals surface area contributed by atoms with Gasteiger partial charge in [0.1, 0.15) is 5.82 Å². The first kappa shape index (κ1) is 20.0. The minimum absolute atomic E-state index is 0.0154. The fourth-order valence-electron chi connectivity index (χ4n) is 4.79. The Morgan fingerprint density at radius 2 is 1.87 bits per heavy atom. The van der Waals surface area contributed by atoms with Crippen molar-refractivity contribution in [3.63, 3.8) is 0 Å². The SMILES string of the molecule is CN1CCN(c2ccc(NC(=O)C3CC(=O)N(c4ccc5c(c4)CCC5)C3)cn2)CC1. The number of benzene rings is 1. The maximum Gasteiger partial charge on any atom is 0.229 e. The smallest absolute Gasteiger partial charge is 0.229 e. The van der Waals surface area contributed by atoms with Gasteiger partial charge in [-0.05, 0) is 61.7 Å². The maximum atomic E-state index is 12.8. The molecule has 1 aromatic heterocycles. The molecule has 1 N–H and O–H groups in total. The van der Waals surface area contributed by atoms with E-state index in [0.717, 1.165) is 50.5 Å². The Kier molecular flexibility index (Phi) is 5.36. The number of nitrogens with zero attached hydrogens (tertiary/aromatic N) is 4. The number of hydrogen-bond acceptors (Lipinski definition) is 5. The fourth-order valence-corrected chi connectivity index (χ4v) is 4.79. The van der Waals surface area contributed by atoms with Crippen LogP contribution in [-0.4, -0.2) is 61.5 Å². The molecular weight excluding hydrogens is 390 g/mol. The predicted octanol–water partition coefficient (Wildman–Crippen LogP) is 2.31. The predicted molar refractivity (Wildman–Crippen MR) is 122 cm³/mol. The number of carbonyl (C=O) groups excluding carboxylic acids is 2. The van der Waals surface area contributed by atoms with Gasteiger partial charge in [0.25, 0.3) is 0 Å². The zero-order chi connectivity index (χ0) is 21.4. The highest BCUT2D eigenvalue weighted by Crippen LogP contribution is 2.31. The highest BCUT2D eigenvalue weighted by Gasteiger charge is 2.35. The molecule has 5 rings (SSSR count). The quantitative estimate of drug-likeness (QED) is 0.824. The minimum atomic E-state index is -0.349. The van der Waals surface area contributed by atoms with Crippen molar-refractivity contribution in [2.45, 2.75) is 25.7 Å². The van der Waals surface area contributed by atoms with Crippen LogP contribution < -0.4 is 15.1 Å². The number of pyridine rings is 1. The molecule has 2 aromatic rings. The van der Waals surface area contributed by atoms with Crippen LogP contribution in [0.4, 0.5) is 17.2 Å². The van der Waals surface area contributed by atoms with Crippen molar-refractivity contribution in [3.8, 4) is 0 Å². The van der Waals surface area contributed by atoms with Crippen LogP contribution in [0.3, 0.4) is 0 Å². The molecule has 1 unspecified atom stereocenters. The third kappa shape index (κ3) is 4.14. The number of nitrogens with one attached hydrogen (secondary N) is 1. The van der Waals surface area contributed by atoms with Gasteiger partial charge in [0.15, 0.2) is 0 Å². The molecule has 7 nitrogen and oxygen atoms in total. The molecule has 2 amide bonds. The number of aromatic nitrogens is 1. The first-order chi connectivity index (χ1) is 15.1. The molecule has 7 heteroatoms. The van der Waals surface area contributed by atoms with Crippen molar-refractivity contribution >= 4 is 29.0 Å². The lowest BCUT2D eigenvalue weighted by Gasteiger charge is -2.33. The standard InChI is InChI=1S/C24H29N5O2/c1-27-9-11-28(12-10-27)22-8-6-20(15-25-22)26-24(31)19-14-23(30)29(16-19)21-7-5-17-3-2-4-18(17)13-21/h5-8,13,15,19H,2-4,9-12,14,16H2,1H3,(H,26,31). The van der Waals surface area contributed by atoms with Crippen molar-refractivity contribution in [2.24, 2.45) is 5.92 Å². The van der Waals surface area contributed by atoms with Crippen LogP contribution in [0, 0.1) is 5.92 Å². The number of fused-ring (bicyclic) bond motifs is 1. The molecule has 1 atom stereocenters. The molecule has 1 aliphatic carbocycles. The molecule has 0 spiro atoms. The van der Waals surface area contributed by atoms with Gasteiger partial charge in [-0.1, -0.05) is 6.07 Å². The largest absolute Gasteiger partial charge is 0.354 e. The molecule has 3 heterocycles. The van der Waals surface area contributed by atoms with Gasteiger partial charge in [-0.25, -0.2) is 4.98 Å². The van der Waals surface area contributed by atoms with Gasteiger partial charge in [0.05, 0.1) is 17.8 Å². The van der Waals surface area contributed by atoms with Crippen LogP contribution in [0.1, 0.15) is 24.0 Å². The average Bonchev–Trinajstić information content (AvgIpc) is 3.41. The summed E-state index contributed by atoms with van der Waals surface area (Å²) >= 11 is 0. The average molecular weight is 420 g/mol. The van der Waals surface area contributed by atoms with E-state index in [4.69, 9.17) is 0 Å². The van der Waals surface area contributed by atoms with Gasteiger partial charge in [0, 0.05) is 44.8 Å². The van der Waals surface area contributed by atoms with Crippen LogP contribution in [-0.2, 0) is 22.4 Å². The number of likely N-dealkylation sites (N-methyl/N-ethyl adjacent to an activating group) is 1. The Bertz CT molecular complexity index is 982. The fraction of sp³-hybridized carbons (Fsp3) is 0.458. The highest BCUT2D eigenvalue weighted by molar-refractivity contribution is 6.03. The summed E-state index contributed by atoms with van der Waals surface area (Å²) in [5.74, 6) is 0.482. The van der Waals surface area contributed by atoms with Gasteiger partial charge in [0.2, 0.25) is 11.8 Å². The van der Waals surface area contributed by atoms with Crippen LogP contribution >= 0.6 is 0 Å². The van der Waals surface area contributed by atoms with Crippen molar-refractivity contribution in [1.82, 2.24) is 9.88 Å². The normalized spacial score (nSPS) is 21.5. The van der Waals surface area contributed by atoms with Gasteiger partial charge in [-0.3, -0.25) is 9.59 Å². The van der Waals surface area contributed by atoms with E-state index in [0.29, 0.717) is 12.2 Å². The summed E-state index contributed by atoms with van der Waals surface area (Å²) in [6, 6.07) is 10.1. The number of piperazine rings is 1. The molecule has 2 aliphatic heterocycles. The maximum absolute atomic E-state index is 12.8. The second-order valence-corrected chi connectivity index (χ2v) is 8.90. The van der Waals surface area contributed by atoms with Crippen LogP contribution in [0.25, 0.3) is 0 Å². The summed E-state index contributed by atoms with van der Waals surface area (Å²) in [5.41, 5.74) is 4.31. The Morgan fingerprint density at radius 3 is 2.65 bits per heavy atom. The Labute approximate surface area is 183 Å². The van der Waals surface area contributed by atoms with E-state index in [-0.39, 0.29) is 24.2 Å². The molecule has 3 aliphatic rings. The molecule has 2 fully saturated rings. The molecule has 0 radical (unpaired) electrons. The van der Waals surface area contributed by atoms with E-state index in [1.807, 2.05) is 18.2 Å². The zero-order valence-electron chi connectivity index (χ0n) is 18.0. The summed E-state index contributed by atoms with van der Waals surface area (Å²) in [6.45, 7) is 4.39. The Balaban J connectivity index is 1.20. The van der Waals surface area contributed by atoms with E-state index >= 15 is 0 Å². The van der Waals surface area contributed by atoms with E-state index in [2.05, 4.69) is 39.3 Å². The summed E-state index contributed by atoms with van der Waals surface area (Å²) in [6.07, 6.45) is 5.33.